The third kappa shape index (κ3) is 4.13. The summed E-state index contributed by atoms with van der Waals surface area (Å²) in [5.74, 6) is 0.705. The molecule has 1 N–H and O–H groups in total. The molecule has 0 aliphatic rings. The van der Waals surface area contributed by atoms with Crippen molar-refractivity contribution in [2.75, 3.05) is 6.54 Å². The van der Waals surface area contributed by atoms with E-state index in [9.17, 15) is 0 Å². The molecule has 0 aromatic carbocycles. The summed E-state index contributed by atoms with van der Waals surface area (Å²) in [5.41, 5.74) is 2.55. The molecule has 0 saturated heterocycles. The molecule has 2 atom stereocenters. The van der Waals surface area contributed by atoms with E-state index >= 15 is 0 Å². The molecule has 0 radical (unpaired) electrons. The van der Waals surface area contributed by atoms with Crippen molar-refractivity contribution in [3.8, 4) is 0 Å². The van der Waals surface area contributed by atoms with Gasteiger partial charge in [-0.1, -0.05) is 34.1 Å². The van der Waals surface area contributed by atoms with E-state index < -0.39 is 0 Å². The van der Waals surface area contributed by atoms with Gasteiger partial charge in [0.15, 0.2) is 0 Å². The van der Waals surface area contributed by atoms with Crippen LogP contribution in [0.15, 0.2) is 6.07 Å². The molecule has 1 heterocycles. The van der Waals surface area contributed by atoms with Crippen molar-refractivity contribution in [3.05, 3.63) is 17.5 Å². The fourth-order valence-electron chi connectivity index (χ4n) is 2.25. The van der Waals surface area contributed by atoms with Gasteiger partial charge in [-0.05, 0) is 31.4 Å². The van der Waals surface area contributed by atoms with Gasteiger partial charge in [0, 0.05) is 25.2 Å². The third-order valence-corrected chi connectivity index (χ3v) is 3.81. The average molecular weight is 251 g/mol. The first-order valence-electron chi connectivity index (χ1n) is 7.37. The molecule has 0 aliphatic carbocycles. The molecule has 0 aliphatic heterocycles. The summed E-state index contributed by atoms with van der Waals surface area (Å²) >= 11 is 0. The number of aryl methyl sites for hydroxylation is 2. The molecule has 1 aromatic rings. The Morgan fingerprint density at radius 1 is 1.33 bits per heavy atom. The number of aromatic nitrogens is 2. The molecule has 3 nitrogen and oxygen atoms in total. The molecule has 0 spiro atoms. The van der Waals surface area contributed by atoms with E-state index in [1.807, 2.05) is 4.68 Å². The van der Waals surface area contributed by atoms with Gasteiger partial charge in [0.05, 0.1) is 5.69 Å². The smallest absolute Gasteiger partial charge is 0.0624 e. The lowest BCUT2D eigenvalue weighted by atomic mass is 9.94. The highest BCUT2D eigenvalue weighted by Crippen LogP contribution is 2.14. The second kappa shape index (κ2) is 7.57. The minimum atomic E-state index is 0.565. The summed E-state index contributed by atoms with van der Waals surface area (Å²) in [4.78, 5) is 0. The van der Waals surface area contributed by atoms with E-state index in [0.29, 0.717) is 12.0 Å². The van der Waals surface area contributed by atoms with Gasteiger partial charge in [-0.3, -0.25) is 4.68 Å². The molecule has 2 unspecified atom stereocenters. The van der Waals surface area contributed by atoms with Crippen LogP contribution in [0.1, 0.15) is 51.9 Å². The molecule has 0 saturated carbocycles. The zero-order valence-electron chi connectivity index (χ0n) is 12.7. The van der Waals surface area contributed by atoms with Crippen LogP contribution in [-0.4, -0.2) is 22.4 Å². The fourth-order valence-corrected chi connectivity index (χ4v) is 2.25. The summed E-state index contributed by atoms with van der Waals surface area (Å²) in [6.45, 7) is 10.1. The van der Waals surface area contributed by atoms with Crippen molar-refractivity contribution in [1.29, 1.82) is 0 Å². The Morgan fingerprint density at radius 2 is 2.06 bits per heavy atom. The van der Waals surface area contributed by atoms with E-state index in [1.165, 1.54) is 24.2 Å². The van der Waals surface area contributed by atoms with Gasteiger partial charge < -0.3 is 5.32 Å². The van der Waals surface area contributed by atoms with E-state index in [4.69, 9.17) is 0 Å². The molecule has 1 aromatic heterocycles. The van der Waals surface area contributed by atoms with E-state index in [2.05, 4.69) is 51.2 Å². The minimum absolute atomic E-state index is 0.565. The average Bonchev–Trinajstić information content (AvgIpc) is 2.74. The predicted molar refractivity (Wildman–Crippen MR) is 77.8 cm³/mol. The van der Waals surface area contributed by atoms with Crippen LogP contribution in [0.4, 0.5) is 0 Å². The van der Waals surface area contributed by atoms with Crippen molar-refractivity contribution >= 4 is 0 Å². The van der Waals surface area contributed by atoms with Crippen molar-refractivity contribution in [3.63, 3.8) is 0 Å². The second-order valence-corrected chi connectivity index (χ2v) is 5.25. The van der Waals surface area contributed by atoms with Crippen LogP contribution in [0, 0.1) is 5.92 Å². The minimum Gasteiger partial charge on any atom is -0.313 e. The third-order valence-electron chi connectivity index (χ3n) is 3.81. The highest BCUT2D eigenvalue weighted by Gasteiger charge is 2.17. The quantitative estimate of drug-likeness (QED) is 0.770. The number of hydrogen-bond donors (Lipinski definition) is 1. The highest BCUT2D eigenvalue weighted by atomic mass is 15.3. The molecule has 104 valence electrons. The monoisotopic (exact) mass is 251 g/mol. The maximum atomic E-state index is 4.54. The second-order valence-electron chi connectivity index (χ2n) is 5.25. The van der Waals surface area contributed by atoms with Crippen molar-refractivity contribution in [2.24, 2.45) is 13.0 Å². The Morgan fingerprint density at radius 3 is 2.56 bits per heavy atom. The van der Waals surface area contributed by atoms with Crippen molar-refractivity contribution in [1.82, 2.24) is 15.1 Å². The van der Waals surface area contributed by atoms with E-state index in [0.717, 1.165) is 19.4 Å². The molecular weight excluding hydrogens is 222 g/mol. The molecule has 1 rings (SSSR count). The fraction of sp³-hybridized carbons (Fsp3) is 0.800. The summed E-state index contributed by atoms with van der Waals surface area (Å²) < 4.78 is 2.04. The van der Waals surface area contributed by atoms with Crippen molar-refractivity contribution < 1.29 is 0 Å². The van der Waals surface area contributed by atoms with Crippen LogP contribution in [0.3, 0.4) is 0 Å². The summed E-state index contributed by atoms with van der Waals surface area (Å²) in [7, 11) is 2.06. The molecular formula is C15H29N3. The van der Waals surface area contributed by atoms with Crippen LogP contribution in [0.25, 0.3) is 0 Å². The maximum absolute atomic E-state index is 4.54. The molecule has 3 heteroatoms. The van der Waals surface area contributed by atoms with Crippen LogP contribution in [0.5, 0.6) is 0 Å². The van der Waals surface area contributed by atoms with Crippen LogP contribution >= 0.6 is 0 Å². The summed E-state index contributed by atoms with van der Waals surface area (Å²) in [6.07, 6.45) is 4.52. The summed E-state index contributed by atoms with van der Waals surface area (Å²) in [5, 5.41) is 8.22. The zero-order valence-corrected chi connectivity index (χ0v) is 12.7. The lowest BCUT2D eigenvalue weighted by molar-refractivity contribution is 0.359. The van der Waals surface area contributed by atoms with E-state index in [1.54, 1.807) is 0 Å². The largest absolute Gasteiger partial charge is 0.313 e. The molecule has 0 bridgehead atoms. The Balaban J connectivity index is 2.71. The SMILES string of the molecule is CCCNC(Cc1cc(CC)nn1C)C(C)CC. The first-order valence-corrected chi connectivity index (χ1v) is 7.37. The van der Waals surface area contributed by atoms with E-state index in [-0.39, 0.29) is 0 Å². The molecule has 18 heavy (non-hydrogen) atoms. The number of hydrogen-bond acceptors (Lipinski definition) is 2. The van der Waals surface area contributed by atoms with Crippen molar-refractivity contribution in [2.45, 2.75) is 59.4 Å². The molecule has 0 amide bonds. The van der Waals surface area contributed by atoms with Crippen LogP contribution < -0.4 is 5.32 Å². The summed E-state index contributed by atoms with van der Waals surface area (Å²) in [6, 6.07) is 2.82. The van der Waals surface area contributed by atoms with Gasteiger partial charge in [0.2, 0.25) is 0 Å². The van der Waals surface area contributed by atoms with Gasteiger partial charge in [0.25, 0.3) is 0 Å². The number of nitrogens with one attached hydrogen (secondary N) is 1. The van der Waals surface area contributed by atoms with Crippen LogP contribution in [0.2, 0.25) is 0 Å². The normalized spacial score (nSPS) is 14.7. The van der Waals surface area contributed by atoms with Gasteiger partial charge in [-0.15, -0.1) is 0 Å². The van der Waals surface area contributed by atoms with Gasteiger partial charge in [0.1, 0.15) is 0 Å². The van der Waals surface area contributed by atoms with Crippen LogP contribution in [-0.2, 0) is 19.9 Å². The van der Waals surface area contributed by atoms with Gasteiger partial charge in [-0.25, -0.2) is 0 Å². The predicted octanol–water partition coefficient (Wildman–Crippen LogP) is 2.94. The number of nitrogens with zero attached hydrogens (tertiary/aromatic N) is 2. The molecule has 0 fully saturated rings. The maximum Gasteiger partial charge on any atom is 0.0624 e. The topological polar surface area (TPSA) is 29.9 Å². The Bertz CT molecular complexity index is 344. The highest BCUT2D eigenvalue weighted by molar-refractivity contribution is 5.11. The lowest BCUT2D eigenvalue weighted by Gasteiger charge is -2.24. The van der Waals surface area contributed by atoms with Gasteiger partial charge in [-0.2, -0.15) is 5.10 Å². The first kappa shape index (κ1) is 15.2. The Kier molecular flexibility index (Phi) is 6.41. The van der Waals surface area contributed by atoms with Gasteiger partial charge >= 0.3 is 0 Å². The standard InChI is InChI=1S/C15H29N3/c1-6-9-16-15(12(4)7-2)11-14-10-13(8-3)17-18(14)5/h10,12,15-16H,6-9,11H2,1-5H3. The number of rotatable bonds is 8. The Labute approximate surface area is 112 Å². The lowest BCUT2D eigenvalue weighted by Crippen LogP contribution is -2.37. The Hall–Kier alpha value is -0.830. The first-order chi connectivity index (χ1) is 8.62. The zero-order chi connectivity index (χ0) is 13.5.